The number of alkyl halides is 6. The number of carbonyl (C=O) groups excluding carboxylic acids is 10. The van der Waals surface area contributed by atoms with Crippen molar-refractivity contribution in [3.8, 4) is 69.0 Å². The molecule has 6 amide bonds. The van der Waals surface area contributed by atoms with Gasteiger partial charge in [0.1, 0.15) is 81.1 Å². The first-order chi connectivity index (χ1) is 65.8. The fourth-order valence-corrected chi connectivity index (χ4v) is 17.1. The molecule has 2 heterocycles. The van der Waals surface area contributed by atoms with Gasteiger partial charge < -0.3 is 37.9 Å². The van der Waals surface area contributed by atoms with E-state index in [4.69, 9.17) is 37.9 Å². The highest BCUT2D eigenvalue weighted by Crippen LogP contribution is 2.59. The van der Waals surface area contributed by atoms with Crippen LogP contribution < -0.4 is 47.7 Å². The molecule has 2 unspecified atom stereocenters. The van der Waals surface area contributed by atoms with Crippen LogP contribution in [0, 0.1) is 27.7 Å². The van der Waals surface area contributed by atoms with Gasteiger partial charge in [-0.2, -0.15) is 26.3 Å². The number of halogens is 6. The second-order valence-electron chi connectivity index (χ2n) is 38.5. The van der Waals surface area contributed by atoms with Gasteiger partial charge in [0.25, 0.3) is 35.4 Å². The van der Waals surface area contributed by atoms with Gasteiger partial charge in [-0.3, -0.25) is 48.4 Å². The first-order valence-electron chi connectivity index (χ1n) is 44.6. The lowest BCUT2D eigenvalue weighted by molar-refractivity contribution is -0.152. The summed E-state index contributed by atoms with van der Waals surface area (Å²) in [4.78, 5) is 156. The molecule has 0 aromatic heterocycles. The Morgan fingerprint density at radius 1 is 0.293 bits per heavy atom. The van der Waals surface area contributed by atoms with E-state index in [1.807, 2.05) is 83.1 Å². The lowest BCUT2D eigenvalue weighted by Gasteiger charge is -2.38. The van der Waals surface area contributed by atoms with Crippen molar-refractivity contribution < 1.29 is 112 Å². The van der Waals surface area contributed by atoms with Crippen molar-refractivity contribution in [2.45, 2.75) is 170 Å². The Hall–Kier alpha value is -16.0. The highest BCUT2D eigenvalue weighted by atomic mass is 19.4. The molecule has 0 N–H and O–H groups in total. The van der Waals surface area contributed by atoms with Crippen molar-refractivity contribution in [1.82, 2.24) is 9.80 Å². The first-order valence-corrected chi connectivity index (χ1v) is 44.6. The van der Waals surface area contributed by atoms with E-state index in [1.165, 1.54) is 76.2 Å². The Morgan fingerprint density at radius 2 is 0.493 bits per heavy atom. The van der Waals surface area contributed by atoms with Gasteiger partial charge in [0, 0.05) is 91.7 Å². The van der Waals surface area contributed by atoms with Gasteiger partial charge in [-0.25, -0.2) is 19.2 Å². The molecule has 13 aromatic carbocycles. The third-order valence-electron chi connectivity index (χ3n) is 24.5. The van der Waals surface area contributed by atoms with Crippen LogP contribution in [-0.4, -0.2) is 93.6 Å². The summed E-state index contributed by atoms with van der Waals surface area (Å²) in [5.41, 5.74) is -1.41. The lowest BCUT2D eigenvalue weighted by Crippen LogP contribution is -2.55. The van der Waals surface area contributed by atoms with Gasteiger partial charge in [0.05, 0.1) is 57.8 Å². The number of aryl methyl sites for hydroxylation is 4. The minimum Gasteiger partial charge on any atom is -0.457 e. The number of hydrogen-bond donors (Lipinski definition) is 0. The fraction of sp³-hybridized carbons (Fsp3) is 0.232. The number of fused-ring (bicyclic) bond motifs is 2. The normalized spacial score (nSPS) is 13.4. The number of anilines is 4. The molecule has 15 rings (SSSR count). The minimum absolute atomic E-state index is 0.0181. The van der Waals surface area contributed by atoms with Crippen molar-refractivity contribution in [2.75, 3.05) is 9.80 Å². The molecule has 140 heavy (non-hydrogen) atoms. The van der Waals surface area contributed by atoms with Crippen molar-refractivity contribution in [3.05, 3.63) is 312 Å². The maximum Gasteiger partial charge on any atom is 0.391 e. The molecule has 13 aromatic rings. The van der Waals surface area contributed by atoms with E-state index in [1.54, 1.807) is 97.1 Å². The number of rotatable bonds is 26. The number of esters is 4. The van der Waals surface area contributed by atoms with E-state index in [-0.39, 0.29) is 167 Å². The molecule has 2 aliphatic heterocycles. The van der Waals surface area contributed by atoms with Gasteiger partial charge in [-0.15, -0.1) is 0 Å². The van der Waals surface area contributed by atoms with Crippen LogP contribution in [0.5, 0.6) is 69.0 Å². The van der Waals surface area contributed by atoms with E-state index in [0.29, 0.717) is 0 Å². The molecule has 2 atom stereocenters. The molecule has 22 nitrogen and oxygen atoms in total. The maximum atomic E-state index is 17.1. The average Bonchev–Trinajstić information content (AvgIpc) is 0.667. The van der Waals surface area contributed by atoms with Crippen LogP contribution >= 0.6 is 0 Å². The summed E-state index contributed by atoms with van der Waals surface area (Å²) < 4.78 is 150. The third-order valence-corrected chi connectivity index (χ3v) is 24.5. The molecule has 716 valence electrons. The van der Waals surface area contributed by atoms with Gasteiger partial charge in [0.2, 0.25) is 0 Å². The molecule has 0 spiro atoms. The summed E-state index contributed by atoms with van der Waals surface area (Å²) in [7, 11) is 0. The number of ether oxygens (including phenoxy) is 8. The zero-order valence-electron chi connectivity index (χ0n) is 79.6. The maximum absolute atomic E-state index is 17.1. The van der Waals surface area contributed by atoms with E-state index < -0.39 is 141 Å². The summed E-state index contributed by atoms with van der Waals surface area (Å²) in [5.74, 6) is -15.6. The van der Waals surface area contributed by atoms with Crippen LogP contribution in [-0.2, 0) is 50.4 Å². The molecule has 0 aliphatic carbocycles. The molecule has 2 aliphatic rings. The molecule has 0 saturated heterocycles. The first kappa shape index (κ1) is 98.5. The Bertz CT molecular complexity index is 6550. The van der Waals surface area contributed by atoms with Crippen LogP contribution in [0.1, 0.15) is 182 Å². The molecule has 0 saturated carbocycles. The molecular formula is C112H98F6N4O18. The van der Waals surface area contributed by atoms with E-state index in [2.05, 4.69) is 26.3 Å². The molecule has 0 radical (unpaired) electrons. The SMILES string of the molecule is C=CC(=O)Oc1cc(N(C(=O)C(CC(F)(F)F)N2C(=O)c3cc(Oc4ccc(C(C)(C)C)cc4)c4c5c(Oc6ccc(C(C)(C)C)cc6)cc6c7c(cc(Oc8ccc(C(C)(C)C)cc8)c(c8c(Oc9ccc(C(C)(C)C)cc9)cc(c3c48)C2=O)c75)C(=O)N(C(CC(F)(F)F)C(=O)N(c2ccc(C)c(OC(=O)C=C)c2)c2ccc(C)c(OC(=O)C=C)c2)C6=O)c2ccc(C)c(OC(=O)C=C)c2)ccc1C. The van der Waals surface area contributed by atoms with Gasteiger partial charge >= 0.3 is 36.2 Å². The highest BCUT2D eigenvalue weighted by molar-refractivity contribution is 6.45. The van der Waals surface area contributed by atoms with Crippen LogP contribution in [0.4, 0.5) is 49.1 Å². The number of benzene rings is 13. The zero-order chi connectivity index (χ0) is 102. The monoisotopic (exact) mass is 1900 g/mol. The predicted octanol–water partition coefficient (Wildman–Crippen LogP) is 26.3. The third kappa shape index (κ3) is 19.6. The molecule has 0 bridgehead atoms. The summed E-state index contributed by atoms with van der Waals surface area (Å²) in [6.07, 6.45) is -12.0. The van der Waals surface area contributed by atoms with E-state index in [9.17, 15) is 19.2 Å². The van der Waals surface area contributed by atoms with Crippen molar-refractivity contribution in [3.63, 3.8) is 0 Å². The smallest absolute Gasteiger partial charge is 0.391 e. The van der Waals surface area contributed by atoms with Crippen molar-refractivity contribution >= 4 is 125 Å². The number of hydrogen-bond acceptors (Lipinski definition) is 18. The van der Waals surface area contributed by atoms with Gasteiger partial charge in [0.15, 0.2) is 0 Å². The van der Waals surface area contributed by atoms with Crippen LogP contribution in [0.3, 0.4) is 0 Å². The summed E-state index contributed by atoms with van der Waals surface area (Å²) in [5, 5.41) is -1.70. The highest BCUT2D eigenvalue weighted by Gasteiger charge is 2.52. The number of imide groups is 2. The van der Waals surface area contributed by atoms with Gasteiger partial charge in [-0.05, 0) is 191 Å². The Morgan fingerprint density at radius 3 is 0.671 bits per heavy atom. The minimum atomic E-state index is -5.45. The second-order valence-corrected chi connectivity index (χ2v) is 38.5. The number of nitrogens with zero attached hydrogens (tertiary/aromatic N) is 4. The zero-order valence-corrected chi connectivity index (χ0v) is 79.6. The predicted molar refractivity (Wildman–Crippen MR) is 521 cm³/mol. The quantitative estimate of drug-likeness (QED) is 0.00928. The second kappa shape index (κ2) is 37.1. The van der Waals surface area contributed by atoms with E-state index >= 15 is 55.1 Å². The van der Waals surface area contributed by atoms with E-state index in [0.717, 1.165) is 105 Å². The van der Waals surface area contributed by atoms with Crippen LogP contribution in [0.2, 0.25) is 0 Å². The number of carbonyl (C=O) groups is 10. The Labute approximate surface area is 802 Å². The summed E-state index contributed by atoms with van der Waals surface area (Å²) in [6, 6.07) is 40.8. The topological polar surface area (TPSA) is 258 Å². The summed E-state index contributed by atoms with van der Waals surface area (Å²) >= 11 is 0. The molecular weight excluding hydrogens is 1800 g/mol. The van der Waals surface area contributed by atoms with Crippen LogP contribution in [0.25, 0.3) is 43.1 Å². The van der Waals surface area contributed by atoms with Crippen molar-refractivity contribution in [1.29, 1.82) is 0 Å². The van der Waals surface area contributed by atoms with Gasteiger partial charge in [-0.1, -0.05) is 182 Å². The lowest BCUT2D eigenvalue weighted by atomic mass is 9.80. The number of amides is 6. The Kier molecular flexibility index (Phi) is 26.1. The molecule has 28 heteroatoms. The van der Waals surface area contributed by atoms with Crippen molar-refractivity contribution in [2.24, 2.45) is 0 Å². The van der Waals surface area contributed by atoms with Crippen LogP contribution in [0.15, 0.2) is 245 Å². The summed E-state index contributed by atoms with van der Waals surface area (Å²) in [6.45, 7) is 43.5. The molecule has 0 fully saturated rings. The Balaban J connectivity index is 1.10. The fourth-order valence-electron chi connectivity index (χ4n) is 17.1. The average molecular weight is 1900 g/mol. The standard InChI is InChI=1S/C112H98F6N4O18/c1-21-89(123)137-81-49-67(37-25-59(81)5)119(68-38-26-60(6)82(50-68)138-90(124)22-2)105(131)79(57-111(113,114)115)121-101(127)75-53-85(133-71-41-29-63(30-42-71)107(9,10)11)95-97-87(135-73-45-33-65(34-46-73)109(15,16)17)55-77-94-78(104(130)122(103(77)129)80(58-112(116,117)118)106(132)120(69-39-27-61(7)83(51-69)139-91(125)23-3)70-40-28-62(8)84(52-70)140-92(126)24-4)56-88(136-74-47-35-66(36-48-74)110(18,19)20)98(100(94)97)96-86(54-76(102(121)128)93(75)99(95)96)134-72-43-31-64(32-44-72)108(12,13)14/h21-56,79-80H,1-4,57-58H2,5-20H3. The largest absolute Gasteiger partial charge is 0.457 e.